The Kier molecular flexibility index (Phi) is 2.68. The molecule has 1 N–H and O–H groups in total. The zero-order valence-corrected chi connectivity index (χ0v) is 7.07. The lowest BCUT2D eigenvalue weighted by atomic mass is 10.6. The highest BCUT2D eigenvalue weighted by Gasteiger charge is 2.04. The summed E-state index contributed by atoms with van der Waals surface area (Å²) in [7, 11) is 3.36. The number of H-pyrrole nitrogens is 1. The molecule has 12 heavy (non-hydrogen) atoms. The monoisotopic (exact) mass is 169 g/mol. The van der Waals surface area contributed by atoms with Gasteiger partial charge < -0.3 is 9.64 Å². The summed E-state index contributed by atoms with van der Waals surface area (Å²) in [5.41, 5.74) is 0. The number of aromatic amines is 1. The molecule has 5 heteroatoms. The van der Waals surface area contributed by atoms with Crippen molar-refractivity contribution in [3.05, 3.63) is 12.4 Å². The van der Waals surface area contributed by atoms with Crippen LogP contribution < -0.4 is 4.74 Å². The van der Waals surface area contributed by atoms with Crippen LogP contribution in [0, 0.1) is 0 Å². The summed E-state index contributed by atoms with van der Waals surface area (Å²) in [6.07, 6.45) is 3.10. The van der Waals surface area contributed by atoms with E-state index in [-0.39, 0.29) is 12.5 Å². The average molecular weight is 169 g/mol. The van der Waals surface area contributed by atoms with Crippen LogP contribution in [0.2, 0.25) is 0 Å². The van der Waals surface area contributed by atoms with E-state index in [2.05, 4.69) is 10.2 Å². The van der Waals surface area contributed by atoms with Gasteiger partial charge in [-0.2, -0.15) is 5.10 Å². The number of rotatable bonds is 3. The summed E-state index contributed by atoms with van der Waals surface area (Å²) in [6, 6.07) is 0. The van der Waals surface area contributed by atoms with Crippen LogP contribution in [-0.2, 0) is 4.79 Å². The molecule has 0 unspecified atom stereocenters. The van der Waals surface area contributed by atoms with Gasteiger partial charge >= 0.3 is 0 Å². The molecule has 0 spiro atoms. The van der Waals surface area contributed by atoms with Crippen molar-refractivity contribution >= 4 is 5.91 Å². The topological polar surface area (TPSA) is 58.2 Å². The summed E-state index contributed by atoms with van der Waals surface area (Å²) in [6.45, 7) is 0.0481. The molecule has 66 valence electrons. The molecule has 0 aliphatic heterocycles. The third-order valence-electron chi connectivity index (χ3n) is 1.33. The number of hydrogen-bond acceptors (Lipinski definition) is 3. The van der Waals surface area contributed by atoms with Crippen LogP contribution >= 0.6 is 0 Å². The molecule has 0 aliphatic rings. The molecular formula is C7H11N3O2. The number of nitrogens with one attached hydrogen (secondary N) is 1. The minimum Gasteiger partial charge on any atom is -0.480 e. The SMILES string of the molecule is CN(C)C(=O)COc1cn[nH]c1. The fourth-order valence-corrected chi connectivity index (χ4v) is 0.592. The van der Waals surface area contributed by atoms with Crippen molar-refractivity contribution in [1.29, 1.82) is 0 Å². The quantitative estimate of drug-likeness (QED) is 0.686. The number of likely N-dealkylation sites (N-methyl/N-ethyl adjacent to an activating group) is 1. The highest BCUT2D eigenvalue weighted by atomic mass is 16.5. The van der Waals surface area contributed by atoms with Crippen molar-refractivity contribution in [3.63, 3.8) is 0 Å². The second kappa shape index (κ2) is 3.75. The molecule has 0 aromatic carbocycles. The van der Waals surface area contributed by atoms with Gasteiger partial charge in [-0.3, -0.25) is 9.89 Å². The van der Waals surface area contributed by atoms with E-state index >= 15 is 0 Å². The molecule has 0 atom stereocenters. The van der Waals surface area contributed by atoms with E-state index in [1.54, 1.807) is 20.3 Å². The number of carbonyl (C=O) groups excluding carboxylic acids is 1. The molecule has 0 saturated carbocycles. The Balaban J connectivity index is 2.32. The van der Waals surface area contributed by atoms with Crippen LogP contribution in [0.3, 0.4) is 0 Å². The number of amides is 1. The Morgan fingerprint density at radius 3 is 3.00 bits per heavy atom. The molecule has 0 radical (unpaired) electrons. The molecular weight excluding hydrogens is 158 g/mol. The van der Waals surface area contributed by atoms with Gasteiger partial charge in [0.25, 0.3) is 5.91 Å². The first-order valence-electron chi connectivity index (χ1n) is 3.52. The molecule has 1 rings (SSSR count). The third kappa shape index (κ3) is 2.26. The highest BCUT2D eigenvalue weighted by molar-refractivity contribution is 5.77. The van der Waals surface area contributed by atoms with Crippen molar-refractivity contribution in [2.24, 2.45) is 0 Å². The largest absolute Gasteiger partial charge is 0.480 e. The average Bonchev–Trinajstić information content (AvgIpc) is 2.51. The summed E-state index contributed by atoms with van der Waals surface area (Å²) in [4.78, 5) is 12.5. The molecule has 0 fully saturated rings. The summed E-state index contributed by atoms with van der Waals surface area (Å²) < 4.78 is 5.08. The summed E-state index contributed by atoms with van der Waals surface area (Å²) in [5.74, 6) is 0.501. The standard InChI is InChI=1S/C7H11N3O2/c1-10(2)7(11)5-12-6-3-8-9-4-6/h3-4H,5H2,1-2H3,(H,8,9). The first kappa shape index (κ1) is 8.58. The minimum atomic E-state index is -0.0730. The molecule has 5 nitrogen and oxygen atoms in total. The lowest BCUT2D eigenvalue weighted by Gasteiger charge is -2.09. The Hall–Kier alpha value is -1.52. The molecule has 1 aromatic heterocycles. The van der Waals surface area contributed by atoms with E-state index < -0.39 is 0 Å². The molecule has 0 saturated heterocycles. The van der Waals surface area contributed by atoms with Crippen molar-refractivity contribution in [2.75, 3.05) is 20.7 Å². The van der Waals surface area contributed by atoms with Gasteiger partial charge in [-0.1, -0.05) is 0 Å². The van der Waals surface area contributed by atoms with E-state index in [0.29, 0.717) is 5.75 Å². The number of hydrogen-bond donors (Lipinski definition) is 1. The molecule has 1 heterocycles. The van der Waals surface area contributed by atoms with E-state index in [9.17, 15) is 4.79 Å². The molecule has 0 aliphatic carbocycles. The maximum absolute atomic E-state index is 11.0. The summed E-state index contributed by atoms with van der Waals surface area (Å²) in [5, 5.41) is 6.25. The highest BCUT2D eigenvalue weighted by Crippen LogP contribution is 2.03. The number of aromatic nitrogens is 2. The van der Waals surface area contributed by atoms with Gasteiger partial charge in [0, 0.05) is 14.1 Å². The van der Waals surface area contributed by atoms with Crippen LogP contribution in [0.1, 0.15) is 0 Å². The Labute approximate surface area is 70.3 Å². The van der Waals surface area contributed by atoms with Crippen LogP contribution in [0.4, 0.5) is 0 Å². The zero-order chi connectivity index (χ0) is 8.97. The van der Waals surface area contributed by atoms with Gasteiger partial charge in [0.2, 0.25) is 0 Å². The molecule has 1 aromatic rings. The smallest absolute Gasteiger partial charge is 0.259 e. The lowest BCUT2D eigenvalue weighted by molar-refractivity contribution is -0.130. The van der Waals surface area contributed by atoms with Gasteiger partial charge in [0.05, 0.1) is 12.4 Å². The van der Waals surface area contributed by atoms with E-state index in [0.717, 1.165) is 0 Å². The van der Waals surface area contributed by atoms with Crippen molar-refractivity contribution in [1.82, 2.24) is 15.1 Å². The zero-order valence-electron chi connectivity index (χ0n) is 7.07. The maximum atomic E-state index is 11.0. The predicted molar refractivity (Wildman–Crippen MR) is 42.8 cm³/mol. The predicted octanol–water partition coefficient (Wildman–Crippen LogP) is -0.123. The second-order valence-corrected chi connectivity index (χ2v) is 2.51. The van der Waals surface area contributed by atoms with Gasteiger partial charge in [0.15, 0.2) is 12.4 Å². The van der Waals surface area contributed by atoms with Crippen LogP contribution in [0.25, 0.3) is 0 Å². The van der Waals surface area contributed by atoms with E-state index in [1.807, 2.05) is 0 Å². The first-order chi connectivity index (χ1) is 5.70. The summed E-state index contributed by atoms with van der Waals surface area (Å²) >= 11 is 0. The normalized spacial score (nSPS) is 9.50. The molecule has 0 bridgehead atoms. The number of nitrogens with zero attached hydrogens (tertiary/aromatic N) is 2. The van der Waals surface area contributed by atoms with E-state index in [1.165, 1.54) is 11.1 Å². The van der Waals surface area contributed by atoms with Crippen molar-refractivity contribution in [2.45, 2.75) is 0 Å². The lowest BCUT2D eigenvalue weighted by Crippen LogP contribution is -2.27. The maximum Gasteiger partial charge on any atom is 0.259 e. The fourth-order valence-electron chi connectivity index (χ4n) is 0.592. The second-order valence-electron chi connectivity index (χ2n) is 2.51. The fraction of sp³-hybridized carbons (Fsp3) is 0.429. The molecule has 1 amide bonds. The Bertz CT molecular complexity index is 243. The van der Waals surface area contributed by atoms with Crippen molar-refractivity contribution in [3.8, 4) is 5.75 Å². The van der Waals surface area contributed by atoms with Gasteiger partial charge in [-0.05, 0) is 0 Å². The van der Waals surface area contributed by atoms with Gasteiger partial charge in [-0.25, -0.2) is 0 Å². The Morgan fingerprint density at radius 2 is 2.50 bits per heavy atom. The van der Waals surface area contributed by atoms with Crippen LogP contribution in [0.5, 0.6) is 5.75 Å². The van der Waals surface area contributed by atoms with Crippen LogP contribution in [-0.4, -0.2) is 41.7 Å². The van der Waals surface area contributed by atoms with Gasteiger partial charge in [0.1, 0.15) is 0 Å². The van der Waals surface area contributed by atoms with Crippen LogP contribution in [0.15, 0.2) is 12.4 Å². The van der Waals surface area contributed by atoms with Crippen molar-refractivity contribution < 1.29 is 9.53 Å². The first-order valence-corrected chi connectivity index (χ1v) is 3.52. The van der Waals surface area contributed by atoms with E-state index in [4.69, 9.17) is 4.74 Å². The number of ether oxygens (including phenoxy) is 1. The number of carbonyl (C=O) groups is 1. The van der Waals surface area contributed by atoms with Gasteiger partial charge in [-0.15, -0.1) is 0 Å². The minimum absolute atomic E-state index is 0.0481. The Morgan fingerprint density at radius 1 is 1.75 bits per heavy atom. The third-order valence-corrected chi connectivity index (χ3v) is 1.33.